The number of thiophene rings is 1. The van der Waals surface area contributed by atoms with Crippen molar-refractivity contribution in [3.8, 4) is 10.6 Å². The fourth-order valence-corrected chi connectivity index (χ4v) is 6.61. The molecule has 1 atom stereocenters. The minimum Gasteiger partial charge on any atom is -0.298 e. The number of amides is 1. The summed E-state index contributed by atoms with van der Waals surface area (Å²) < 4.78 is 27.6. The first-order chi connectivity index (χ1) is 13.9. The van der Waals surface area contributed by atoms with Gasteiger partial charge in [0.25, 0.3) is 5.91 Å². The average molecular weight is 448 g/mol. The summed E-state index contributed by atoms with van der Waals surface area (Å²) >= 11 is 2.92. The Balaban J connectivity index is 1.53. The highest BCUT2D eigenvalue weighted by Crippen LogP contribution is 2.29. The Kier molecular flexibility index (Phi) is 5.82. The lowest BCUT2D eigenvalue weighted by atomic mass is 10.1. The van der Waals surface area contributed by atoms with Crippen LogP contribution in [-0.4, -0.2) is 36.2 Å². The zero-order valence-corrected chi connectivity index (χ0v) is 18.3. The summed E-state index contributed by atoms with van der Waals surface area (Å²) in [6.45, 7) is 2.45. The fraction of sp³-hybridized carbons (Fsp3) is 0.300. The van der Waals surface area contributed by atoms with Crippen LogP contribution < -0.4 is 5.32 Å². The highest BCUT2D eigenvalue weighted by atomic mass is 32.2. The summed E-state index contributed by atoms with van der Waals surface area (Å²) in [5.74, 6) is -0.374. The van der Waals surface area contributed by atoms with Crippen LogP contribution >= 0.6 is 22.7 Å². The Morgan fingerprint density at radius 1 is 1.21 bits per heavy atom. The lowest BCUT2D eigenvalue weighted by Crippen LogP contribution is -2.41. The molecule has 1 aliphatic rings. The predicted molar refractivity (Wildman–Crippen MR) is 117 cm³/mol. The normalized spacial score (nSPS) is 17.9. The SMILES string of the molecule is CC1CCCCN1S(=O)(=O)c1cccc(C(=O)Nc2nc(-c3cccs3)cs2)c1. The van der Waals surface area contributed by atoms with Crippen LogP contribution in [0, 0.1) is 0 Å². The van der Waals surface area contributed by atoms with Gasteiger partial charge in [-0.2, -0.15) is 4.31 Å². The summed E-state index contributed by atoms with van der Waals surface area (Å²) in [5, 5.41) is 7.12. The van der Waals surface area contributed by atoms with E-state index in [-0.39, 0.29) is 16.8 Å². The maximum atomic E-state index is 13.1. The summed E-state index contributed by atoms with van der Waals surface area (Å²) in [6.07, 6.45) is 2.76. The standard InChI is InChI=1S/C20H21N3O3S3/c1-14-6-2-3-10-23(14)29(25,26)16-8-4-7-15(12-16)19(24)22-20-21-17(13-28-20)18-9-5-11-27-18/h4-5,7-9,11-14H,2-3,6,10H2,1H3,(H,21,22,24). The van der Waals surface area contributed by atoms with Crippen LogP contribution in [-0.2, 0) is 10.0 Å². The van der Waals surface area contributed by atoms with Gasteiger partial charge >= 0.3 is 0 Å². The molecule has 3 heterocycles. The molecule has 0 spiro atoms. The number of piperidine rings is 1. The number of nitrogens with one attached hydrogen (secondary N) is 1. The second-order valence-electron chi connectivity index (χ2n) is 6.96. The van der Waals surface area contributed by atoms with Crippen molar-refractivity contribution in [1.29, 1.82) is 0 Å². The number of carbonyl (C=O) groups is 1. The fourth-order valence-electron chi connectivity index (χ4n) is 3.40. The third-order valence-electron chi connectivity index (χ3n) is 4.94. The van der Waals surface area contributed by atoms with E-state index in [4.69, 9.17) is 0 Å². The monoisotopic (exact) mass is 447 g/mol. The molecule has 0 saturated carbocycles. The lowest BCUT2D eigenvalue weighted by molar-refractivity contribution is 0.102. The molecule has 1 aliphatic heterocycles. The molecule has 152 valence electrons. The smallest absolute Gasteiger partial charge is 0.257 e. The van der Waals surface area contributed by atoms with Crippen LogP contribution in [0.15, 0.2) is 52.1 Å². The highest BCUT2D eigenvalue weighted by Gasteiger charge is 2.31. The van der Waals surface area contributed by atoms with Gasteiger partial charge in [-0.1, -0.05) is 18.6 Å². The van der Waals surface area contributed by atoms with Gasteiger partial charge in [0.1, 0.15) is 0 Å². The maximum absolute atomic E-state index is 13.1. The molecule has 4 rings (SSSR count). The minimum atomic E-state index is -3.62. The quantitative estimate of drug-likeness (QED) is 0.615. The number of nitrogens with zero attached hydrogens (tertiary/aromatic N) is 2. The van der Waals surface area contributed by atoms with Gasteiger partial charge < -0.3 is 0 Å². The van der Waals surface area contributed by atoms with Gasteiger partial charge in [0.15, 0.2) is 5.13 Å². The van der Waals surface area contributed by atoms with Crippen LogP contribution in [0.3, 0.4) is 0 Å². The molecule has 1 aromatic carbocycles. The molecule has 0 bridgehead atoms. The molecule has 1 amide bonds. The number of thiazole rings is 1. The topological polar surface area (TPSA) is 79.4 Å². The van der Waals surface area contributed by atoms with Gasteiger partial charge in [-0.25, -0.2) is 13.4 Å². The Labute approximate surface area is 178 Å². The number of sulfonamides is 1. The summed E-state index contributed by atoms with van der Waals surface area (Å²) in [4.78, 5) is 18.3. The Hall–Kier alpha value is -2.07. The molecule has 1 saturated heterocycles. The summed E-state index contributed by atoms with van der Waals surface area (Å²) in [5.41, 5.74) is 1.11. The van der Waals surface area contributed by atoms with Gasteiger partial charge in [0, 0.05) is 23.5 Å². The van der Waals surface area contributed by atoms with Crippen LogP contribution in [0.25, 0.3) is 10.6 Å². The number of carbonyl (C=O) groups excluding carboxylic acids is 1. The molecule has 9 heteroatoms. The van der Waals surface area contributed by atoms with Crippen molar-refractivity contribution >= 4 is 43.7 Å². The van der Waals surface area contributed by atoms with Crippen molar-refractivity contribution in [2.24, 2.45) is 0 Å². The molecular weight excluding hydrogens is 426 g/mol. The molecule has 3 aromatic rings. The lowest BCUT2D eigenvalue weighted by Gasteiger charge is -2.32. The second kappa shape index (κ2) is 8.35. The molecule has 0 radical (unpaired) electrons. The van der Waals surface area contributed by atoms with E-state index >= 15 is 0 Å². The number of hydrogen-bond acceptors (Lipinski definition) is 6. The molecule has 0 aliphatic carbocycles. The first kappa shape index (κ1) is 20.2. The highest BCUT2D eigenvalue weighted by molar-refractivity contribution is 7.89. The average Bonchev–Trinajstić information content (AvgIpc) is 3.40. The van der Waals surface area contributed by atoms with Gasteiger partial charge in [0.05, 0.1) is 15.5 Å². The molecule has 1 unspecified atom stereocenters. The van der Waals surface area contributed by atoms with Crippen LogP contribution in [0.1, 0.15) is 36.5 Å². The summed E-state index contributed by atoms with van der Waals surface area (Å²) in [6, 6.07) is 10.1. The van der Waals surface area contributed by atoms with E-state index in [2.05, 4.69) is 10.3 Å². The van der Waals surface area contributed by atoms with Gasteiger partial charge in [-0.3, -0.25) is 10.1 Å². The number of hydrogen-bond donors (Lipinski definition) is 1. The van der Waals surface area contributed by atoms with Crippen molar-refractivity contribution in [2.45, 2.75) is 37.1 Å². The van der Waals surface area contributed by atoms with Crippen LogP contribution in [0.4, 0.5) is 5.13 Å². The molecular formula is C20H21N3O3S3. The van der Waals surface area contributed by atoms with Crippen LogP contribution in [0.2, 0.25) is 0 Å². The second-order valence-corrected chi connectivity index (χ2v) is 10.7. The third-order valence-corrected chi connectivity index (χ3v) is 8.60. The zero-order chi connectivity index (χ0) is 20.4. The number of anilines is 1. The summed E-state index contributed by atoms with van der Waals surface area (Å²) in [7, 11) is -3.62. The van der Waals surface area contributed by atoms with E-state index in [1.54, 1.807) is 33.8 Å². The first-order valence-corrected chi connectivity index (χ1v) is 12.6. The number of aromatic nitrogens is 1. The van der Waals surface area contributed by atoms with Crippen molar-refractivity contribution in [3.05, 3.63) is 52.7 Å². The number of rotatable bonds is 5. The minimum absolute atomic E-state index is 0.0303. The van der Waals surface area contributed by atoms with E-state index < -0.39 is 10.0 Å². The van der Waals surface area contributed by atoms with E-state index in [1.807, 2.05) is 29.8 Å². The molecule has 6 nitrogen and oxygen atoms in total. The van der Waals surface area contributed by atoms with Crippen molar-refractivity contribution in [3.63, 3.8) is 0 Å². The molecule has 29 heavy (non-hydrogen) atoms. The van der Waals surface area contributed by atoms with Crippen molar-refractivity contribution in [2.75, 3.05) is 11.9 Å². The number of benzene rings is 1. The third kappa shape index (κ3) is 4.28. The Morgan fingerprint density at radius 2 is 2.07 bits per heavy atom. The van der Waals surface area contributed by atoms with Gasteiger partial charge in [-0.15, -0.1) is 22.7 Å². The predicted octanol–water partition coefficient (Wildman–Crippen LogP) is 4.69. The molecule has 1 N–H and O–H groups in total. The van der Waals surface area contributed by atoms with E-state index in [1.165, 1.54) is 17.4 Å². The van der Waals surface area contributed by atoms with E-state index in [9.17, 15) is 13.2 Å². The maximum Gasteiger partial charge on any atom is 0.257 e. The Bertz CT molecular complexity index is 1110. The largest absolute Gasteiger partial charge is 0.298 e. The van der Waals surface area contributed by atoms with Gasteiger partial charge in [0.2, 0.25) is 10.0 Å². The molecule has 1 fully saturated rings. The van der Waals surface area contributed by atoms with Gasteiger partial charge in [-0.05, 0) is 49.4 Å². The van der Waals surface area contributed by atoms with E-state index in [0.717, 1.165) is 29.8 Å². The van der Waals surface area contributed by atoms with E-state index in [0.29, 0.717) is 17.2 Å². The van der Waals surface area contributed by atoms with Crippen molar-refractivity contribution in [1.82, 2.24) is 9.29 Å². The zero-order valence-electron chi connectivity index (χ0n) is 15.9. The first-order valence-electron chi connectivity index (χ1n) is 9.38. The Morgan fingerprint density at radius 3 is 2.83 bits per heavy atom. The van der Waals surface area contributed by atoms with Crippen LogP contribution in [0.5, 0.6) is 0 Å². The molecule has 2 aromatic heterocycles. The van der Waals surface area contributed by atoms with Crippen molar-refractivity contribution < 1.29 is 13.2 Å².